The maximum Gasteiger partial charge on any atom is 0.254 e. The molecule has 1 N–H and O–H groups in total. The van der Waals surface area contributed by atoms with Crippen LogP contribution in [0.15, 0.2) is 36.7 Å². The van der Waals surface area contributed by atoms with Gasteiger partial charge in [0.2, 0.25) is 0 Å². The van der Waals surface area contributed by atoms with Crippen LogP contribution >= 0.6 is 0 Å². The van der Waals surface area contributed by atoms with Crippen LogP contribution in [0.4, 0.5) is 0 Å². The first-order valence-corrected chi connectivity index (χ1v) is 8.23. The van der Waals surface area contributed by atoms with E-state index in [4.69, 9.17) is 9.47 Å². The summed E-state index contributed by atoms with van der Waals surface area (Å²) in [5.41, 5.74) is 1.36. The number of methoxy groups -OCH3 is 2. The van der Waals surface area contributed by atoms with Crippen molar-refractivity contribution in [1.82, 2.24) is 15.1 Å². The standard InChI is InChI=1S/C18H23N3O3/c1-23-15-9-7-14(8-10-15)20-18(22)13-11-19-21(12-13)16-5-3-4-6-17(16)24-2/h3-6,11-12,14-15H,7-10H2,1-2H3,(H,20,22). The summed E-state index contributed by atoms with van der Waals surface area (Å²) in [4.78, 5) is 12.4. The molecule has 0 unspecified atom stereocenters. The van der Waals surface area contributed by atoms with E-state index in [2.05, 4.69) is 10.4 Å². The molecule has 3 rings (SSSR count). The second-order valence-electron chi connectivity index (χ2n) is 6.03. The predicted octanol–water partition coefficient (Wildman–Crippen LogP) is 2.57. The Kier molecular flexibility index (Phi) is 5.15. The van der Waals surface area contributed by atoms with Crippen LogP contribution in [0.5, 0.6) is 5.75 Å². The molecule has 128 valence electrons. The number of para-hydroxylation sites is 2. The number of nitrogens with zero attached hydrogens (tertiary/aromatic N) is 2. The van der Waals surface area contributed by atoms with E-state index >= 15 is 0 Å². The van der Waals surface area contributed by atoms with E-state index in [9.17, 15) is 4.79 Å². The minimum atomic E-state index is -0.0861. The molecule has 1 aliphatic rings. The average Bonchev–Trinajstić information content (AvgIpc) is 3.12. The van der Waals surface area contributed by atoms with Crippen LogP contribution in [0.3, 0.4) is 0 Å². The van der Waals surface area contributed by atoms with Gasteiger partial charge in [-0.1, -0.05) is 12.1 Å². The number of benzene rings is 1. The monoisotopic (exact) mass is 329 g/mol. The summed E-state index contributed by atoms with van der Waals surface area (Å²) in [5, 5.41) is 7.38. The van der Waals surface area contributed by atoms with Crippen LogP contribution in [0.1, 0.15) is 36.0 Å². The quantitative estimate of drug-likeness (QED) is 0.915. The Labute approximate surface area is 141 Å². The number of amides is 1. The number of hydrogen-bond acceptors (Lipinski definition) is 4. The van der Waals surface area contributed by atoms with E-state index in [1.54, 1.807) is 31.3 Å². The highest BCUT2D eigenvalue weighted by atomic mass is 16.5. The normalized spacial score (nSPS) is 20.6. The lowest BCUT2D eigenvalue weighted by Gasteiger charge is -2.28. The maximum atomic E-state index is 12.4. The number of carbonyl (C=O) groups is 1. The predicted molar refractivity (Wildman–Crippen MR) is 90.6 cm³/mol. The van der Waals surface area contributed by atoms with Gasteiger partial charge in [0.15, 0.2) is 0 Å². The van der Waals surface area contributed by atoms with Gasteiger partial charge in [0.05, 0.1) is 25.0 Å². The summed E-state index contributed by atoms with van der Waals surface area (Å²) in [6.07, 6.45) is 7.52. The van der Waals surface area contributed by atoms with Crippen molar-refractivity contribution >= 4 is 5.91 Å². The maximum absolute atomic E-state index is 12.4. The number of aromatic nitrogens is 2. The Bertz CT molecular complexity index is 690. The molecule has 1 saturated carbocycles. The Morgan fingerprint density at radius 1 is 1.21 bits per heavy atom. The van der Waals surface area contributed by atoms with E-state index in [0.29, 0.717) is 17.4 Å². The van der Waals surface area contributed by atoms with Gasteiger partial charge >= 0.3 is 0 Å². The SMILES string of the molecule is COc1ccccc1-n1cc(C(=O)NC2CCC(OC)CC2)cn1. The van der Waals surface area contributed by atoms with Crippen molar-refractivity contribution in [1.29, 1.82) is 0 Å². The number of ether oxygens (including phenoxy) is 2. The summed E-state index contributed by atoms with van der Waals surface area (Å²) in [6.45, 7) is 0. The second-order valence-corrected chi connectivity index (χ2v) is 6.03. The van der Waals surface area contributed by atoms with Crippen LogP contribution in [0.25, 0.3) is 5.69 Å². The number of carbonyl (C=O) groups excluding carboxylic acids is 1. The van der Waals surface area contributed by atoms with E-state index in [-0.39, 0.29) is 11.9 Å². The molecule has 6 heteroatoms. The third-order valence-electron chi connectivity index (χ3n) is 4.52. The number of nitrogens with one attached hydrogen (secondary N) is 1. The fourth-order valence-corrected chi connectivity index (χ4v) is 3.10. The Hall–Kier alpha value is -2.34. The van der Waals surface area contributed by atoms with Gasteiger partial charge in [-0.15, -0.1) is 0 Å². The van der Waals surface area contributed by atoms with Crippen molar-refractivity contribution in [2.45, 2.75) is 37.8 Å². The van der Waals surface area contributed by atoms with Gasteiger partial charge in [-0.25, -0.2) is 4.68 Å². The van der Waals surface area contributed by atoms with Gasteiger partial charge in [0.1, 0.15) is 11.4 Å². The molecule has 1 aromatic heterocycles. The third kappa shape index (κ3) is 3.59. The molecule has 0 bridgehead atoms. The summed E-state index contributed by atoms with van der Waals surface area (Å²) >= 11 is 0. The Morgan fingerprint density at radius 2 is 1.96 bits per heavy atom. The first-order chi connectivity index (χ1) is 11.7. The van der Waals surface area contributed by atoms with Crippen LogP contribution in [0, 0.1) is 0 Å². The minimum absolute atomic E-state index is 0.0861. The minimum Gasteiger partial charge on any atom is -0.494 e. The molecule has 1 aromatic carbocycles. The lowest BCUT2D eigenvalue weighted by molar-refractivity contribution is 0.0599. The lowest BCUT2D eigenvalue weighted by atomic mass is 9.93. The van der Waals surface area contributed by atoms with Crippen LogP contribution in [-0.2, 0) is 4.74 Å². The van der Waals surface area contributed by atoms with E-state index < -0.39 is 0 Å². The Balaban J connectivity index is 1.66. The highest BCUT2D eigenvalue weighted by molar-refractivity contribution is 5.94. The van der Waals surface area contributed by atoms with Gasteiger partial charge in [0, 0.05) is 19.3 Å². The first kappa shape index (κ1) is 16.5. The smallest absolute Gasteiger partial charge is 0.254 e. The Morgan fingerprint density at radius 3 is 2.67 bits per heavy atom. The van der Waals surface area contributed by atoms with Crippen molar-refractivity contribution in [2.24, 2.45) is 0 Å². The van der Waals surface area contributed by atoms with Crippen molar-refractivity contribution in [3.8, 4) is 11.4 Å². The molecule has 0 saturated heterocycles. The van der Waals surface area contributed by atoms with Crippen LogP contribution in [0.2, 0.25) is 0 Å². The molecular formula is C18H23N3O3. The van der Waals surface area contributed by atoms with Gasteiger partial charge in [-0.05, 0) is 37.8 Å². The molecule has 1 fully saturated rings. The van der Waals surface area contributed by atoms with Gasteiger partial charge in [-0.3, -0.25) is 4.79 Å². The summed E-state index contributed by atoms with van der Waals surface area (Å²) in [6, 6.07) is 7.78. The molecule has 0 atom stereocenters. The highest BCUT2D eigenvalue weighted by Crippen LogP contribution is 2.23. The summed E-state index contributed by atoms with van der Waals surface area (Å²) in [7, 11) is 3.36. The van der Waals surface area contributed by atoms with E-state index in [1.165, 1.54) is 0 Å². The average molecular weight is 329 g/mol. The summed E-state index contributed by atoms with van der Waals surface area (Å²) in [5.74, 6) is 0.627. The molecule has 0 radical (unpaired) electrons. The molecule has 1 heterocycles. The molecule has 6 nitrogen and oxygen atoms in total. The van der Waals surface area contributed by atoms with Crippen molar-refractivity contribution in [3.63, 3.8) is 0 Å². The van der Waals surface area contributed by atoms with Gasteiger partial charge in [0.25, 0.3) is 5.91 Å². The van der Waals surface area contributed by atoms with Crippen LogP contribution in [-0.4, -0.2) is 42.1 Å². The second kappa shape index (κ2) is 7.49. The van der Waals surface area contributed by atoms with Crippen LogP contribution < -0.4 is 10.1 Å². The fourth-order valence-electron chi connectivity index (χ4n) is 3.10. The van der Waals surface area contributed by atoms with Crippen molar-refractivity contribution < 1.29 is 14.3 Å². The summed E-state index contributed by atoms with van der Waals surface area (Å²) < 4.78 is 12.4. The largest absolute Gasteiger partial charge is 0.494 e. The lowest BCUT2D eigenvalue weighted by Crippen LogP contribution is -2.38. The zero-order valence-electron chi connectivity index (χ0n) is 14.1. The van der Waals surface area contributed by atoms with Gasteiger partial charge in [-0.2, -0.15) is 5.10 Å². The third-order valence-corrected chi connectivity index (χ3v) is 4.52. The van der Waals surface area contributed by atoms with Gasteiger partial charge < -0.3 is 14.8 Å². The van der Waals surface area contributed by atoms with E-state index in [1.807, 2.05) is 24.3 Å². The highest BCUT2D eigenvalue weighted by Gasteiger charge is 2.23. The van der Waals surface area contributed by atoms with Crippen molar-refractivity contribution in [2.75, 3.05) is 14.2 Å². The molecule has 2 aromatic rings. The molecular weight excluding hydrogens is 306 g/mol. The molecule has 1 amide bonds. The number of hydrogen-bond donors (Lipinski definition) is 1. The van der Waals surface area contributed by atoms with Crippen molar-refractivity contribution in [3.05, 3.63) is 42.2 Å². The molecule has 1 aliphatic carbocycles. The first-order valence-electron chi connectivity index (χ1n) is 8.23. The topological polar surface area (TPSA) is 65.4 Å². The molecule has 24 heavy (non-hydrogen) atoms. The van der Waals surface area contributed by atoms with E-state index in [0.717, 1.165) is 31.4 Å². The number of rotatable bonds is 5. The zero-order valence-corrected chi connectivity index (χ0v) is 14.1. The molecule has 0 aliphatic heterocycles. The zero-order chi connectivity index (χ0) is 16.9. The fraction of sp³-hybridized carbons (Fsp3) is 0.444. The molecule has 0 spiro atoms.